The molecule has 0 unspecified atom stereocenters. The van der Waals surface area contributed by atoms with Crippen LogP contribution in [0.25, 0.3) is 0 Å². The molecule has 0 saturated carbocycles. The maximum atomic E-state index is 12.5. The quantitative estimate of drug-likeness (QED) is 0.334. The zero-order valence-electron chi connectivity index (χ0n) is 19.5. The van der Waals surface area contributed by atoms with Gasteiger partial charge in [0.1, 0.15) is 0 Å². The van der Waals surface area contributed by atoms with Crippen molar-refractivity contribution in [3.05, 3.63) is 93.5 Å². The third-order valence-corrected chi connectivity index (χ3v) is 6.87. The predicted octanol–water partition coefficient (Wildman–Crippen LogP) is 4.55. The number of carbonyl (C=O) groups is 1. The number of anilines is 2. The predicted molar refractivity (Wildman–Crippen MR) is 142 cm³/mol. The van der Waals surface area contributed by atoms with E-state index in [4.69, 9.17) is 0 Å². The number of sulfonamides is 1. The van der Waals surface area contributed by atoms with E-state index in [9.17, 15) is 13.2 Å². The van der Waals surface area contributed by atoms with Gasteiger partial charge in [-0.1, -0.05) is 35.9 Å². The second-order valence-electron chi connectivity index (χ2n) is 8.11. The summed E-state index contributed by atoms with van der Waals surface area (Å²) in [5, 5.41) is 4.03. The van der Waals surface area contributed by atoms with Crippen molar-refractivity contribution in [2.75, 3.05) is 29.6 Å². The number of hydrogen-bond acceptors (Lipinski definition) is 5. The van der Waals surface area contributed by atoms with E-state index in [0.29, 0.717) is 11.3 Å². The summed E-state index contributed by atoms with van der Waals surface area (Å²) in [5.41, 5.74) is 7.19. The maximum Gasteiger partial charge on any atom is 0.271 e. The van der Waals surface area contributed by atoms with E-state index < -0.39 is 15.9 Å². The van der Waals surface area contributed by atoms with Crippen LogP contribution in [0, 0.1) is 6.92 Å². The van der Waals surface area contributed by atoms with E-state index >= 15 is 0 Å². The van der Waals surface area contributed by atoms with E-state index in [-0.39, 0.29) is 6.54 Å². The van der Waals surface area contributed by atoms with Gasteiger partial charge in [0.15, 0.2) is 0 Å². The van der Waals surface area contributed by atoms with Crippen LogP contribution in [0.2, 0.25) is 0 Å². The first-order valence-corrected chi connectivity index (χ1v) is 13.1. The molecule has 0 spiro atoms. The van der Waals surface area contributed by atoms with Crippen molar-refractivity contribution in [3.63, 3.8) is 0 Å². The maximum absolute atomic E-state index is 12.5. The zero-order valence-corrected chi connectivity index (χ0v) is 21.9. The Bertz CT molecular complexity index is 1290. The minimum Gasteiger partial charge on any atom is -0.377 e. The Morgan fingerprint density at radius 1 is 1.03 bits per heavy atom. The van der Waals surface area contributed by atoms with Gasteiger partial charge in [0.2, 0.25) is 10.0 Å². The summed E-state index contributed by atoms with van der Waals surface area (Å²) in [6.07, 6.45) is 2.73. The first-order chi connectivity index (χ1) is 16.0. The molecule has 0 atom stereocenters. The monoisotopic (exact) mass is 542 g/mol. The first kappa shape index (κ1) is 25.5. The fourth-order valence-corrected chi connectivity index (χ4v) is 4.87. The van der Waals surface area contributed by atoms with E-state index in [2.05, 4.69) is 26.5 Å². The van der Waals surface area contributed by atoms with E-state index in [1.807, 2.05) is 68.4 Å². The molecule has 3 rings (SSSR count). The molecule has 7 nitrogen and oxygen atoms in total. The van der Waals surface area contributed by atoms with Crippen molar-refractivity contribution in [3.8, 4) is 0 Å². The Morgan fingerprint density at radius 3 is 2.24 bits per heavy atom. The number of hydrazone groups is 1. The molecule has 0 aliphatic rings. The average Bonchev–Trinajstić information content (AvgIpc) is 2.78. The van der Waals surface area contributed by atoms with Crippen molar-refractivity contribution in [2.24, 2.45) is 5.10 Å². The van der Waals surface area contributed by atoms with Gasteiger partial charge in [-0.15, -0.1) is 0 Å². The molecule has 178 valence electrons. The lowest BCUT2D eigenvalue weighted by molar-refractivity contribution is 0.0955. The molecule has 0 aliphatic heterocycles. The van der Waals surface area contributed by atoms with Crippen LogP contribution in [-0.4, -0.2) is 40.9 Å². The molecule has 0 saturated heterocycles. The lowest BCUT2D eigenvalue weighted by Gasteiger charge is -2.22. The van der Waals surface area contributed by atoms with Crippen molar-refractivity contribution in [2.45, 2.75) is 13.5 Å². The SMILES string of the molecule is Cc1ccc(CN(c2ccc(C(=O)N/N=C\c3ccc(N(C)C)c(Br)c3)cc2)S(C)(=O)=O)cc1. The van der Waals surface area contributed by atoms with E-state index in [0.717, 1.165) is 26.9 Å². The molecule has 1 N–H and O–H groups in total. The number of carbonyl (C=O) groups excluding carboxylic acids is 1. The average molecular weight is 543 g/mol. The molecule has 3 aromatic rings. The molecule has 34 heavy (non-hydrogen) atoms. The molecule has 1 amide bonds. The van der Waals surface area contributed by atoms with Gasteiger partial charge in [-0.25, -0.2) is 13.8 Å². The van der Waals surface area contributed by atoms with Crippen molar-refractivity contribution < 1.29 is 13.2 Å². The van der Waals surface area contributed by atoms with Crippen molar-refractivity contribution in [1.82, 2.24) is 5.43 Å². The molecule has 0 bridgehead atoms. The fraction of sp³-hybridized carbons (Fsp3) is 0.200. The Hall–Kier alpha value is -3.17. The van der Waals surface area contributed by atoms with Gasteiger partial charge in [0.05, 0.1) is 30.4 Å². The molecule has 0 heterocycles. The smallest absolute Gasteiger partial charge is 0.271 e. The van der Waals surface area contributed by atoms with Crippen LogP contribution < -0.4 is 14.6 Å². The summed E-state index contributed by atoms with van der Waals surface area (Å²) in [6, 6.07) is 19.8. The summed E-state index contributed by atoms with van der Waals surface area (Å²) in [4.78, 5) is 14.5. The molecule has 9 heteroatoms. The second kappa shape index (κ2) is 10.8. The van der Waals surface area contributed by atoms with Crippen LogP contribution in [0.5, 0.6) is 0 Å². The minimum absolute atomic E-state index is 0.205. The molecule has 3 aromatic carbocycles. The highest BCUT2D eigenvalue weighted by atomic mass is 79.9. The standard InChI is InChI=1S/C25H27BrN4O3S/c1-18-5-7-19(8-6-18)17-30(34(4,32)33)22-12-10-21(11-13-22)25(31)28-27-16-20-9-14-24(29(2)3)23(26)15-20/h5-16H,17H2,1-4H3,(H,28,31)/b27-16-. The highest BCUT2D eigenvalue weighted by Gasteiger charge is 2.18. The number of halogens is 1. The number of benzene rings is 3. The number of nitrogens with one attached hydrogen (secondary N) is 1. The summed E-state index contributed by atoms with van der Waals surface area (Å²) >= 11 is 3.52. The molecule has 0 aromatic heterocycles. The fourth-order valence-electron chi connectivity index (χ4n) is 3.23. The van der Waals surface area contributed by atoms with Gasteiger partial charge in [0.25, 0.3) is 5.91 Å². The van der Waals surface area contributed by atoms with Crippen LogP contribution >= 0.6 is 15.9 Å². The molecular formula is C25H27BrN4O3S. The lowest BCUT2D eigenvalue weighted by Crippen LogP contribution is -2.29. The molecule has 0 fully saturated rings. The van der Waals surface area contributed by atoms with Crippen LogP contribution in [0.1, 0.15) is 27.0 Å². The van der Waals surface area contributed by atoms with Crippen LogP contribution in [0.4, 0.5) is 11.4 Å². The number of amides is 1. The third kappa shape index (κ3) is 6.68. The third-order valence-electron chi connectivity index (χ3n) is 5.10. The van der Waals surface area contributed by atoms with E-state index in [1.165, 1.54) is 10.6 Å². The molecule has 0 radical (unpaired) electrons. The highest BCUT2D eigenvalue weighted by molar-refractivity contribution is 9.10. The van der Waals surface area contributed by atoms with Crippen LogP contribution in [-0.2, 0) is 16.6 Å². The van der Waals surface area contributed by atoms with Crippen molar-refractivity contribution in [1.29, 1.82) is 0 Å². The summed E-state index contributed by atoms with van der Waals surface area (Å²) < 4.78 is 27.0. The largest absolute Gasteiger partial charge is 0.377 e. The van der Waals surface area contributed by atoms with Gasteiger partial charge >= 0.3 is 0 Å². The number of aryl methyl sites for hydroxylation is 1. The Morgan fingerprint density at radius 2 is 1.68 bits per heavy atom. The Kier molecular flexibility index (Phi) is 8.11. The molecule has 0 aliphatic carbocycles. The summed E-state index contributed by atoms with van der Waals surface area (Å²) in [7, 11) is 0.397. The van der Waals surface area contributed by atoms with Crippen LogP contribution in [0.15, 0.2) is 76.3 Å². The topological polar surface area (TPSA) is 82.1 Å². The van der Waals surface area contributed by atoms with Gasteiger partial charge < -0.3 is 4.90 Å². The summed E-state index contributed by atoms with van der Waals surface area (Å²) in [5.74, 6) is -0.392. The van der Waals surface area contributed by atoms with E-state index in [1.54, 1.807) is 30.5 Å². The number of hydrogen-bond donors (Lipinski definition) is 1. The van der Waals surface area contributed by atoms with Gasteiger partial charge in [-0.2, -0.15) is 5.10 Å². The molecular weight excluding hydrogens is 516 g/mol. The zero-order chi connectivity index (χ0) is 24.9. The minimum atomic E-state index is -3.51. The van der Waals surface area contributed by atoms with Gasteiger partial charge in [0, 0.05) is 24.1 Å². The highest BCUT2D eigenvalue weighted by Crippen LogP contribution is 2.25. The summed E-state index contributed by atoms with van der Waals surface area (Å²) in [6.45, 7) is 2.18. The van der Waals surface area contributed by atoms with Crippen molar-refractivity contribution >= 4 is 49.4 Å². The van der Waals surface area contributed by atoms with Crippen LogP contribution in [0.3, 0.4) is 0 Å². The first-order valence-electron chi connectivity index (χ1n) is 10.5. The van der Waals surface area contributed by atoms with Gasteiger partial charge in [-0.05, 0) is 70.4 Å². The van der Waals surface area contributed by atoms with Gasteiger partial charge in [-0.3, -0.25) is 9.10 Å². The number of rotatable bonds is 8. The second-order valence-corrected chi connectivity index (χ2v) is 10.9. The number of nitrogens with zero attached hydrogens (tertiary/aromatic N) is 3. The Labute approximate surface area is 209 Å². The Balaban J connectivity index is 1.69. The normalized spacial score (nSPS) is 11.4. The lowest BCUT2D eigenvalue weighted by atomic mass is 10.1.